The first kappa shape index (κ1) is 24.9. The zero-order chi connectivity index (χ0) is 26.3. The van der Waals surface area contributed by atoms with E-state index >= 15 is 0 Å². The van der Waals surface area contributed by atoms with Crippen molar-refractivity contribution in [1.29, 1.82) is 0 Å². The van der Waals surface area contributed by atoms with Crippen LogP contribution in [-0.4, -0.2) is 83.3 Å². The highest BCUT2D eigenvalue weighted by molar-refractivity contribution is 5.97. The second kappa shape index (κ2) is 9.93. The summed E-state index contributed by atoms with van der Waals surface area (Å²) < 4.78 is 5.55. The van der Waals surface area contributed by atoms with E-state index in [-0.39, 0.29) is 11.9 Å². The molecule has 1 atom stereocenters. The second-order valence-corrected chi connectivity index (χ2v) is 9.80. The molecule has 10 nitrogen and oxygen atoms in total. The number of carbonyl (C=O) groups is 2. The topological polar surface area (TPSA) is 95.0 Å². The molecule has 3 aromatic rings. The van der Waals surface area contributed by atoms with E-state index in [1.807, 2.05) is 36.2 Å². The summed E-state index contributed by atoms with van der Waals surface area (Å²) in [4.78, 5) is 46.8. The zero-order valence-corrected chi connectivity index (χ0v) is 22.0. The fourth-order valence-corrected chi connectivity index (χ4v) is 5.30. The Morgan fingerprint density at radius 1 is 1.16 bits per heavy atom. The fraction of sp³-hybridized carbons (Fsp3) is 0.444. The summed E-state index contributed by atoms with van der Waals surface area (Å²) in [5.41, 5.74) is 3.41. The quantitative estimate of drug-likeness (QED) is 0.471. The first-order valence-corrected chi connectivity index (χ1v) is 12.6. The maximum atomic E-state index is 12.3. The highest BCUT2D eigenvalue weighted by atomic mass is 16.5. The van der Waals surface area contributed by atoms with Crippen LogP contribution in [0, 0.1) is 0 Å². The Morgan fingerprint density at radius 3 is 2.57 bits per heavy atom. The van der Waals surface area contributed by atoms with Gasteiger partial charge in [-0.15, -0.1) is 0 Å². The molecule has 1 aromatic carbocycles. The minimum Gasteiger partial charge on any atom is -0.494 e. The predicted molar refractivity (Wildman–Crippen MR) is 142 cm³/mol. The summed E-state index contributed by atoms with van der Waals surface area (Å²) in [6.07, 6.45) is 2.73. The van der Waals surface area contributed by atoms with Crippen LogP contribution in [0.15, 0.2) is 30.5 Å². The summed E-state index contributed by atoms with van der Waals surface area (Å²) in [5.74, 6) is 2.12. The smallest absolute Gasteiger partial charge is 0.227 e. The van der Waals surface area contributed by atoms with Crippen LogP contribution < -0.4 is 14.5 Å². The van der Waals surface area contributed by atoms with Gasteiger partial charge in [-0.3, -0.25) is 14.7 Å². The van der Waals surface area contributed by atoms with E-state index in [4.69, 9.17) is 14.7 Å². The third-order valence-electron chi connectivity index (χ3n) is 7.39. The van der Waals surface area contributed by atoms with Gasteiger partial charge in [0.05, 0.1) is 18.5 Å². The first-order valence-electron chi connectivity index (χ1n) is 12.6. The van der Waals surface area contributed by atoms with Crippen molar-refractivity contribution in [3.63, 3.8) is 0 Å². The summed E-state index contributed by atoms with van der Waals surface area (Å²) >= 11 is 0. The van der Waals surface area contributed by atoms with Crippen LogP contribution in [0.4, 0.5) is 17.5 Å². The number of rotatable bonds is 6. The molecule has 0 bridgehead atoms. The van der Waals surface area contributed by atoms with E-state index in [1.54, 1.807) is 20.2 Å². The van der Waals surface area contributed by atoms with E-state index in [0.717, 1.165) is 40.0 Å². The van der Waals surface area contributed by atoms with Gasteiger partial charge in [0.15, 0.2) is 0 Å². The number of piperazine rings is 1. The third-order valence-corrected chi connectivity index (χ3v) is 7.39. The lowest BCUT2D eigenvalue weighted by Gasteiger charge is -2.35. The zero-order valence-electron chi connectivity index (χ0n) is 22.0. The molecule has 2 aliphatic rings. The minimum atomic E-state index is -0.434. The number of nitrogens with zero attached hydrogens (tertiary/aromatic N) is 7. The van der Waals surface area contributed by atoms with Gasteiger partial charge >= 0.3 is 0 Å². The molecule has 10 heteroatoms. The van der Waals surface area contributed by atoms with Gasteiger partial charge in [-0.05, 0) is 38.1 Å². The van der Waals surface area contributed by atoms with E-state index in [9.17, 15) is 9.59 Å². The Labute approximate surface area is 216 Å². The molecule has 0 radical (unpaired) electrons. The number of methoxy groups -OCH3 is 1. The summed E-state index contributed by atoms with van der Waals surface area (Å²) in [7, 11) is 3.63. The Balaban J connectivity index is 1.63. The number of fused-ring (bicyclic) bond motifs is 2. The number of ether oxygens (including phenoxy) is 1. The highest BCUT2D eigenvalue weighted by Gasteiger charge is 2.38. The van der Waals surface area contributed by atoms with Gasteiger partial charge in [-0.25, -0.2) is 4.98 Å². The lowest BCUT2D eigenvalue weighted by atomic mass is 10.1. The van der Waals surface area contributed by atoms with Crippen LogP contribution in [0.5, 0.6) is 5.75 Å². The van der Waals surface area contributed by atoms with Crippen molar-refractivity contribution < 1.29 is 14.3 Å². The first-order chi connectivity index (χ1) is 17.8. The lowest BCUT2D eigenvalue weighted by Crippen LogP contribution is -2.48. The van der Waals surface area contributed by atoms with Crippen molar-refractivity contribution in [2.75, 3.05) is 50.1 Å². The molecule has 1 amide bonds. The van der Waals surface area contributed by atoms with Crippen LogP contribution in [0.2, 0.25) is 0 Å². The average Bonchev–Trinajstić information content (AvgIpc) is 3.30. The maximum Gasteiger partial charge on any atom is 0.227 e. The maximum absolute atomic E-state index is 12.3. The van der Waals surface area contributed by atoms with Crippen LogP contribution in [0.1, 0.15) is 38.1 Å². The number of aromatic nitrogens is 3. The lowest BCUT2D eigenvalue weighted by molar-refractivity contribution is -0.129. The van der Waals surface area contributed by atoms with E-state index < -0.39 is 6.04 Å². The molecule has 1 saturated heterocycles. The van der Waals surface area contributed by atoms with Gasteiger partial charge in [0.2, 0.25) is 11.9 Å². The summed E-state index contributed by atoms with van der Waals surface area (Å²) in [5, 5.41) is 0.944. The van der Waals surface area contributed by atoms with Gasteiger partial charge in [0.25, 0.3) is 0 Å². The molecule has 2 aromatic heterocycles. The molecule has 0 aliphatic carbocycles. The molecule has 0 N–H and O–H groups in total. The fourth-order valence-electron chi connectivity index (χ4n) is 5.30. The molecule has 0 spiro atoms. The molecular weight excluding hydrogens is 470 g/mol. The van der Waals surface area contributed by atoms with Gasteiger partial charge in [-0.2, -0.15) is 4.98 Å². The van der Waals surface area contributed by atoms with E-state index in [2.05, 4.69) is 33.5 Å². The molecule has 37 heavy (non-hydrogen) atoms. The van der Waals surface area contributed by atoms with Crippen LogP contribution >= 0.6 is 0 Å². The van der Waals surface area contributed by atoms with Crippen molar-refractivity contribution in [3.05, 3.63) is 41.7 Å². The van der Waals surface area contributed by atoms with E-state index in [1.165, 1.54) is 0 Å². The van der Waals surface area contributed by atoms with Crippen LogP contribution in [-0.2, 0) is 16.1 Å². The Bertz CT molecular complexity index is 1340. The van der Waals surface area contributed by atoms with Crippen LogP contribution in [0.25, 0.3) is 10.9 Å². The van der Waals surface area contributed by atoms with E-state index in [0.29, 0.717) is 44.4 Å². The molecular formula is C27H33N7O3. The summed E-state index contributed by atoms with van der Waals surface area (Å²) in [6.45, 7) is 8.86. The van der Waals surface area contributed by atoms with Crippen molar-refractivity contribution in [2.24, 2.45) is 0 Å². The van der Waals surface area contributed by atoms with Gasteiger partial charge in [0, 0.05) is 69.9 Å². The van der Waals surface area contributed by atoms with Crippen molar-refractivity contribution in [2.45, 2.75) is 39.4 Å². The molecule has 194 valence electrons. The second-order valence-electron chi connectivity index (χ2n) is 9.80. The monoisotopic (exact) mass is 503 g/mol. The van der Waals surface area contributed by atoms with Crippen molar-refractivity contribution >= 4 is 40.5 Å². The largest absolute Gasteiger partial charge is 0.494 e. The molecule has 1 unspecified atom stereocenters. The summed E-state index contributed by atoms with van der Waals surface area (Å²) in [6, 6.07) is 7.59. The number of anilines is 3. The van der Waals surface area contributed by atoms with Crippen molar-refractivity contribution in [1.82, 2.24) is 24.8 Å². The SMILES string of the molecule is COc1ccc(N(C)c2nc(N3CCN(C(C)=O)CC3)nc3c2CN(C(C)C)C3C=O)c2cccnc12. The minimum absolute atomic E-state index is 0.0727. The van der Waals surface area contributed by atoms with Gasteiger partial charge in [-0.1, -0.05) is 0 Å². The predicted octanol–water partition coefficient (Wildman–Crippen LogP) is 2.93. The Morgan fingerprint density at radius 2 is 1.92 bits per heavy atom. The number of carbonyl (C=O) groups excluding carboxylic acids is 2. The third kappa shape index (κ3) is 4.35. The number of benzene rings is 1. The number of amides is 1. The Kier molecular flexibility index (Phi) is 6.68. The molecule has 1 fully saturated rings. The normalized spacial score (nSPS) is 17.8. The average molecular weight is 504 g/mol. The highest BCUT2D eigenvalue weighted by Crippen LogP contribution is 2.42. The number of hydrogen-bond acceptors (Lipinski definition) is 9. The van der Waals surface area contributed by atoms with Gasteiger partial charge in [0.1, 0.15) is 29.4 Å². The van der Waals surface area contributed by atoms with Gasteiger partial charge < -0.3 is 24.2 Å². The molecule has 4 heterocycles. The molecule has 0 saturated carbocycles. The Hall–Kier alpha value is -3.79. The standard InChI is InChI=1S/C27H33N7O3/c1-17(2)34-15-20-24(22(34)16-35)29-27(33-13-11-32(12-14-33)18(3)36)30-26(20)31(4)21-8-9-23(37-5)25-19(21)7-6-10-28-25/h6-10,16-17,22H,11-15H2,1-5H3. The number of hydrogen-bond donors (Lipinski definition) is 0. The number of aldehydes is 1. The number of pyridine rings is 1. The molecule has 5 rings (SSSR count). The molecule has 2 aliphatic heterocycles. The van der Waals surface area contributed by atoms with Crippen molar-refractivity contribution in [3.8, 4) is 5.75 Å². The van der Waals surface area contributed by atoms with Crippen LogP contribution in [0.3, 0.4) is 0 Å².